The topological polar surface area (TPSA) is 60.8 Å². The number of anilines is 1. The summed E-state index contributed by atoms with van der Waals surface area (Å²) in [5, 5.41) is 11.1. The molecule has 4 nitrogen and oxygen atoms in total. The highest BCUT2D eigenvalue weighted by atomic mass is 35.5. The van der Waals surface area contributed by atoms with Gasteiger partial charge in [-0.25, -0.2) is 4.21 Å². The molecule has 30 heavy (non-hydrogen) atoms. The van der Waals surface area contributed by atoms with E-state index in [1.807, 2.05) is 27.7 Å². The first kappa shape index (κ1) is 27.3. The Balaban J connectivity index is 0.00000218. The Hall–Kier alpha value is -0.760. The lowest BCUT2D eigenvalue weighted by Gasteiger charge is -2.26. The molecule has 0 fully saturated rings. The predicted octanol–water partition coefficient (Wildman–Crippen LogP) is 6.32. The quantitative estimate of drug-likeness (QED) is 0.301. The third kappa shape index (κ3) is 8.40. The maximum absolute atomic E-state index is 13.3. The summed E-state index contributed by atoms with van der Waals surface area (Å²) in [5.41, 5.74) is 1.31. The summed E-state index contributed by atoms with van der Waals surface area (Å²) in [4.78, 5) is 0.623. The number of unbranched alkanes of at least 4 members (excludes halogenated alkanes) is 1. The minimum atomic E-state index is -1.48. The molecule has 2 unspecified atom stereocenters. The van der Waals surface area contributed by atoms with E-state index in [2.05, 4.69) is 0 Å². The fraction of sp³-hybridized carbons (Fsp3) is 0.455. The Labute approximate surface area is 196 Å². The van der Waals surface area contributed by atoms with Crippen LogP contribution in [0.2, 0.25) is 10.0 Å². The molecular weight excluding hydrogens is 461 g/mol. The van der Waals surface area contributed by atoms with E-state index in [0.717, 1.165) is 18.6 Å². The Morgan fingerprint density at radius 1 is 1.03 bits per heavy atom. The van der Waals surface area contributed by atoms with Crippen LogP contribution in [0.4, 0.5) is 5.69 Å². The number of halogens is 2. The van der Waals surface area contributed by atoms with E-state index in [1.165, 1.54) is 0 Å². The second-order valence-electron chi connectivity index (χ2n) is 6.60. The van der Waals surface area contributed by atoms with Crippen molar-refractivity contribution in [2.24, 2.45) is 0 Å². The molecule has 2 aromatic rings. The second kappa shape index (κ2) is 14.3. The van der Waals surface area contributed by atoms with Gasteiger partial charge in [-0.3, -0.25) is 4.31 Å². The van der Waals surface area contributed by atoms with Crippen molar-refractivity contribution in [2.75, 3.05) is 16.6 Å². The van der Waals surface area contributed by atoms with Crippen molar-refractivity contribution in [3.8, 4) is 0 Å². The van der Waals surface area contributed by atoms with Crippen LogP contribution in [0, 0.1) is 0 Å². The molecule has 8 heteroatoms. The molecule has 0 aliphatic heterocycles. The smallest absolute Gasteiger partial charge is 0.152 e. The maximum Gasteiger partial charge on any atom is 0.152 e. The van der Waals surface area contributed by atoms with Crippen molar-refractivity contribution >= 4 is 51.1 Å². The molecule has 0 aromatic heterocycles. The van der Waals surface area contributed by atoms with Gasteiger partial charge in [0.2, 0.25) is 0 Å². The summed E-state index contributed by atoms with van der Waals surface area (Å²) < 4.78 is 25.1. The molecule has 2 rings (SSSR count). The first-order valence-corrected chi connectivity index (χ1v) is 13.3. The van der Waals surface area contributed by atoms with Gasteiger partial charge < -0.3 is 5.11 Å². The molecular formula is C22H32Cl2NO3S2+. The fourth-order valence-electron chi connectivity index (χ4n) is 2.61. The average Bonchev–Trinajstić information content (AvgIpc) is 2.75. The number of hydrogen-bond acceptors (Lipinski definition) is 3. The molecule has 0 aliphatic rings. The zero-order chi connectivity index (χ0) is 22.7. The van der Waals surface area contributed by atoms with Crippen LogP contribution >= 0.6 is 23.2 Å². The minimum absolute atomic E-state index is 0.172. The van der Waals surface area contributed by atoms with E-state index in [9.17, 15) is 13.9 Å². The van der Waals surface area contributed by atoms with Gasteiger partial charge in [0, 0.05) is 22.2 Å². The maximum atomic E-state index is 13.3. The monoisotopic (exact) mass is 492 g/mol. The second-order valence-corrected chi connectivity index (χ2v) is 11.0. The van der Waals surface area contributed by atoms with Crippen molar-refractivity contribution in [3.05, 3.63) is 58.1 Å². The Kier molecular flexibility index (Phi) is 13.0. The van der Waals surface area contributed by atoms with Gasteiger partial charge in [-0.1, -0.05) is 43.1 Å². The van der Waals surface area contributed by atoms with E-state index in [1.54, 1.807) is 46.8 Å². The molecule has 0 saturated heterocycles. The zero-order valence-electron chi connectivity index (χ0n) is 18.0. The van der Waals surface area contributed by atoms with Crippen LogP contribution in [0.25, 0.3) is 0 Å². The lowest BCUT2D eigenvalue weighted by molar-refractivity contribution is 0.282. The van der Waals surface area contributed by atoms with E-state index in [-0.39, 0.29) is 11.9 Å². The van der Waals surface area contributed by atoms with Gasteiger partial charge in [0.05, 0.1) is 17.2 Å². The third-order valence-electron chi connectivity index (χ3n) is 4.21. The van der Waals surface area contributed by atoms with Crippen molar-refractivity contribution in [1.29, 1.82) is 0 Å². The summed E-state index contributed by atoms with van der Waals surface area (Å²) in [6.45, 7) is 8.35. The number of benzene rings is 2. The summed E-state index contributed by atoms with van der Waals surface area (Å²) >= 11 is 11.5. The molecule has 2 N–H and O–H groups in total. The molecule has 0 saturated carbocycles. The first-order valence-electron chi connectivity index (χ1n) is 10.1. The van der Waals surface area contributed by atoms with Crippen molar-refractivity contribution in [2.45, 2.75) is 57.3 Å². The average molecular weight is 494 g/mol. The highest BCUT2D eigenvalue weighted by Crippen LogP contribution is 2.29. The van der Waals surface area contributed by atoms with E-state index < -0.39 is 22.2 Å². The SMILES string of the molecule is CC.CC(C)[S+](O)CCCCN(c1cc(Cl)ccc1CO)S(=O)c1ccc(Cl)cc1. The molecule has 2 aromatic carbocycles. The van der Waals surface area contributed by atoms with Gasteiger partial charge in [0.25, 0.3) is 0 Å². The molecule has 0 aliphatic carbocycles. The Morgan fingerprint density at radius 2 is 1.63 bits per heavy atom. The highest BCUT2D eigenvalue weighted by molar-refractivity contribution is 7.92. The number of rotatable bonds is 10. The Bertz CT molecular complexity index is 788. The summed E-state index contributed by atoms with van der Waals surface area (Å²) in [6, 6.07) is 12.1. The standard InChI is InChI=1S/C20H26Cl2NO3S2.C2H6/c1-15(2)27(25)12-4-3-11-23(20-13-18(22)6-5-16(20)14-24)28(26)19-9-7-17(21)8-10-19;1-2/h5-10,13,15,24-25H,3-4,11-12,14H2,1-2H3;1-2H3/q+1;. The lowest BCUT2D eigenvalue weighted by atomic mass is 10.2. The normalized spacial score (nSPS) is 12.8. The Morgan fingerprint density at radius 3 is 2.20 bits per heavy atom. The minimum Gasteiger partial charge on any atom is -0.392 e. The van der Waals surface area contributed by atoms with Gasteiger partial charge in [0.1, 0.15) is 22.2 Å². The van der Waals surface area contributed by atoms with Crippen LogP contribution < -0.4 is 4.31 Å². The predicted molar refractivity (Wildman–Crippen MR) is 133 cm³/mol. The number of aliphatic hydroxyl groups excluding tert-OH is 1. The largest absolute Gasteiger partial charge is 0.392 e. The van der Waals surface area contributed by atoms with E-state index >= 15 is 0 Å². The molecule has 2 atom stereocenters. The number of hydrogen-bond donors (Lipinski definition) is 2. The molecule has 168 valence electrons. The van der Waals surface area contributed by atoms with Crippen LogP contribution in [0.15, 0.2) is 47.4 Å². The van der Waals surface area contributed by atoms with Crippen molar-refractivity contribution in [3.63, 3.8) is 0 Å². The fourth-order valence-corrected chi connectivity index (χ4v) is 5.15. The van der Waals surface area contributed by atoms with Gasteiger partial charge in [-0.15, -0.1) is 0 Å². The molecule has 0 radical (unpaired) electrons. The third-order valence-corrected chi connectivity index (χ3v) is 7.95. The van der Waals surface area contributed by atoms with Crippen molar-refractivity contribution in [1.82, 2.24) is 0 Å². The lowest BCUT2D eigenvalue weighted by Crippen LogP contribution is -2.29. The number of nitrogens with zero attached hydrogens (tertiary/aromatic N) is 1. The van der Waals surface area contributed by atoms with Crippen LogP contribution in [-0.4, -0.2) is 31.4 Å². The van der Waals surface area contributed by atoms with Gasteiger partial charge in [0.15, 0.2) is 11.0 Å². The van der Waals surface area contributed by atoms with Gasteiger partial charge in [-0.2, -0.15) is 4.55 Å². The molecule has 0 bridgehead atoms. The van der Waals surface area contributed by atoms with Crippen LogP contribution in [-0.2, 0) is 28.8 Å². The summed E-state index contributed by atoms with van der Waals surface area (Å²) in [7, 11) is -1.48. The van der Waals surface area contributed by atoms with Crippen LogP contribution in [0.1, 0.15) is 46.1 Å². The molecule has 0 heterocycles. The highest BCUT2D eigenvalue weighted by Gasteiger charge is 2.22. The van der Waals surface area contributed by atoms with Gasteiger partial charge in [-0.05, 0) is 63.1 Å². The van der Waals surface area contributed by atoms with E-state index in [4.69, 9.17) is 23.2 Å². The van der Waals surface area contributed by atoms with Gasteiger partial charge >= 0.3 is 0 Å². The van der Waals surface area contributed by atoms with Crippen molar-refractivity contribution < 1.29 is 13.9 Å². The number of aliphatic hydroxyl groups is 1. The van der Waals surface area contributed by atoms with Crippen LogP contribution in [0.5, 0.6) is 0 Å². The van der Waals surface area contributed by atoms with E-state index in [0.29, 0.717) is 32.7 Å². The molecule has 0 spiro atoms. The summed E-state index contributed by atoms with van der Waals surface area (Å²) in [6.07, 6.45) is 1.58. The summed E-state index contributed by atoms with van der Waals surface area (Å²) in [5.74, 6) is 0.724. The van der Waals surface area contributed by atoms with Crippen LogP contribution in [0.3, 0.4) is 0 Å². The molecule has 0 amide bonds. The zero-order valence-corrected chi connectivity index (χ0v) is 21.1. The first-order chi connectivity index (χ1) is 14.3.